The van der Waals surface area contributed by atoms with Crippen LogP contribution in [0.25, 0.3) is 0 Å². The first-order valence-electron chi connectivity index (χ1n) is 7.27. The Kier molecular flexibility index (Phi) is 6.79. The lowest BCUT2D eigenvalue weighted by Crippen LogP contribution is -2.39. The molecule has 0 radical (unpaired) electrons. The summed E-state index contributed by atoms with van der Waals surface area (Å²) >= 11 is 0. The molecule has 0 aliphatic heterocycles. The summed E-state index contributed by atoms with van der Waals surface area (Å²) in [6, 6.07) is 4.07. The number of carbonyl (C=O) groups is 2. The first-order valence-corrected chi connectivity index (χ1v) is 7.27. The Hall–Kier alpha value is -2.14. The third-order valence-electron chi connectivity index (χ3n) is 3.21. The average Bonchev–Trinajstić information content (AvgIpc) is 2.40. The van der Waals surface area contributed by atoms with Crippen molar-refractivity contribution in [3.63, 3.8) is 0 Å². The summed E-state index contributed by atoms with van der Waals surface area (Å²) in [5, 5.41) is 5.60. The summed E-state index contributed by atoms with van der Waals surface area (Å²) in [7, 11) is 1.74. The van der Waals surface area contributed by atoms with E-state index in [4.69, 9.17) is 0 Å². The summed E-state index contributed by atoms with van der Waals surface area (Å²) in [5.41, 5.74) is 4.10. The van der Waals surface area contributed by atoms with Gasteiger partial charge in [0.05, 0.1) is 13.1 Å². The molecule has 0 saturated carbocycles. The summed E-state index contributed by atoms with van der Waals surface area (Å²) in [5.74, 6) is -0.257. The number of amides is 2. The van der Waals surface area contributed by atoms with Crippen LogP contribution >= 0.6 is 0 Å². The molecule has 0 aliphatic carbocycles. The molecule has 22 heavy (non-hydrogen) atoms. The Morgan fingerprint density at radius 2 is 1.68 bits per heavy atom. The van der Waals surface area contributed by atoms with Crippen molar-refractivity contribution in [2.24, 2.45) is 0 Å². The number of aryl methyl sites for hydroxylation is 3. The van der Waals surface area contributed by atoms with Gasteiger partial charge in [-0.3, -0.25) is 14.5 Å². The number of nitrogens with one attached hydrogen (secondary N) is 2. The highest BCUT2D eigenvalue weighted by molar-refractivity contribution is 5.94. The van der Waals surface area contributed by atoms with E-state index in [9.17, 15) is 9.59 Å². The number of hydrogen-bond acceptors (Lipinski definition) is 3. The smallest absolute Gasteiger partial charge is 0.238 e. The van der Waals surface area contributed by atoms with Gasteiger partial charge in [-0.2, -0.15) is 0 Å². The largest absolute Gasteiger partial charge is 0.352 e. The highest BCUT2D eigenvalue weighted by Gasteiger charge is 2.12. The number of hydrogen-bond donors (Lipinski definition) is 2. The van der Waals surface area contributed by atoms with Crippen molar-refractivity contribution in [1.29, 1.82) is 0 Å². The van der Waals surface area contributed by atoms with Crippen molar-refractivity contribution in [2.45, 2.75) is 20.8 Å². The van der Waals surface area contributed by atoms with E-state index >= 15 is 0 Å². The molecule has 120 valence electrons. The summed E-state index contributed by atoms with van der Waals surface area (Å²) in [4.78, 5) is 25.3. The Balaban J connectivity index is 2.56. The molecule has 5 nitrogen and oxygen atoms in total. The lowest BCUT2D eigenvalue weighted by Gasteiger charge is -2.17. The molecule has 2 N–H and O–H groups in total. The van der Waals surface area contributed by atoms with Gasteiger partial charge in [0.1, 0.15) is 0 Å². The highest BCUT2D eigenvalue weighted by Crippen LogP contribution is 2.21. The summed E-state index contributed by atoms with van der Waals surface area (Å²) in [6.07, 6.45) is 1.62. The van der Waals surface area contributed by atoms with E-state index in [0.29, 0.717) is 6.54 Å². The van der Waals surface area contributed by atoms with Gasteiger partial charge < -0.3 is 10.6 Å². The molecule has 0 bridgehead atoms. The molecule has 0 aliphatic rings. The predicted octanol–water partition coefficient (Wildman–Crippen LogP) is 1.78. The van der Waals surface area contributed by atoms with Gasteiger partial charge in [-0.15, -0.1) is 6.58 Å². The van der Waals surface area contributed by atoms with Crippen LogP contribution in [0.5, 0.6) is 0 Å². The molecule has 1 aromatic rings. The van der Waals surface area contributed by atoms with Crippen LogP contribution in [-0.2, 0) is 9.59 Å². The van der Waals surface area contributed by atoms with E-state index in [2.05, 4.69) is 17.2 Å². The topological polar surface area (TPSA) is 61.4 Å². The van der Waals surface area contributed by atoms with Gasteiger partial charge in [0.2, 0.25) is 11.8 Å². The normalized spacial score (nSPS) is 10.4. The maximum Gasteiger partial charge on any atom is 0.238 e. The monoisotopic (exact) mass is 303 g/mol. The van der Waals surface area contributed by atoms with Crippen molar-refractivity contribution in [1.82, 2.24) is 10.2 Å². The van der Waals surface area contributed by atoms with Crippen molar-refractivity contribution in [3.8, 4) is 0 Å². The lowest BCUT2D eigenvalue weighted by atomic mass is 10.1. The molecule has 0 fully saturated rings. The van der Waals surface area contributed by atoms with Gasteiger partial charge >= 0.3 is 0 Å². The second kappa shape index (κ2) is 8.34. The molecule has 2 amide bonds. The zero-order chi connectivity index (χ0) is 16.7. The Morgan fingerprint density at radius 1 is 1.14 bits per heavy atom. The lowest BCUT2D eigenvalue weighted by molar-refractivity contribution is -0.122. The number of carbonyl (C=O) groups excluding carboxylic acids is 2. The van der Waals surface area contributed by atoms with Crippen LogP contribution in [0.3, 0.4) is 0 Å². The molecule has 0 unspecified atom stereocenters. The van der Waals surface area contributed by atoms with Crippen molar-refractivity contribution >= 4 is 17.5 Å². The molecular weight excluding hydrogens is 278 g/mol. The van der Waals surface area contributed by atoms with E-state index in [-0.39, 0.29) is 24.9 Å². The number of benzene rings is 1. The Labute approximate surface area is 132 Å². The fourth-order valence-corrected chi connectivity index (χ4v) is 2.34. The van der Waals surface area contributed by atoms with Crippen molar-refractivity contribution < 1.29 is 9.59 Å². The molecule has 0 saturated heterocycles. The van der Waals surface area contributed by atoms with Gasteiger partial charge in [-0.1, -0.05) is 23.8 Å². The molecule has 5 heteroatoms. The third kappa shape index (κ3) is 5.69. The Bertz CT molecular complexity index is 544. The summed E-state index contributed by atoms with van der Waals surface area (Å²) < 4.78 is 0. The number of rotatable bonds is 7. The minimum absolute atomic E-state index is 0.127. The first-order chi connectivity index (χ1) is 10.3. The second-order valence-electron chi connectivity index (χ2n) is 5.59. The zero-order valence-corrected chi connectivity index (χ0v) is 13.8. The second-order valence-corrected chi connectivity index (χ2v) is 5.59. The maximum atomic E-state index is 12.1. The number of nitrogens with zero attached hydrogens (tertiary/aromatic N) is 1. The van der Waals surface area contributed by atoms with Crippen LogP contribution in [0.2, 0.25) is 0 Å². The van der Waals surface area contributed by atoms with Gasteiger partial charge in [0.15, 0.2) is 0 Å². The van der Waals surface area contributed by atoms with Crippen LogP contribution in [0.1, 0.15) is 16.7 Å². The van der Waals surface area contributed by atoms with E-state index in [1.54, 1.807) is 18.0 Å². The molecule has 1 rings (SSSR count). The van der Waals surface area contributed by atoms with Crippen LogP contribution in [0.4, 0.5) is 5.69 Å². The fourth-order valence-electron chi connectivity index (χ4n) is 2.34. The van der Waals surface area contributed by atoms with Crippen molar-refractivity contribution in [3.05, 3.63) is 41.5 Å². The van der Waals surface area contributed by atoms with E-state index in [1.807, 2.05) is 32.9 Å². The van der Waals surface area contributed by atoms with Crippen LogP contribution in [0.15, 0.2) is 24.8 Å². The van der Waals surface area contributed by atoms with Gasteiger partial charge in [0, 0.05) is 12.2 Å². The molecular formula is C17H25N3O2. The zero-order valence-electron chi connectivity index (χ0n) is 13.8. The number of anilines is 1. The predicted molar refractivity (Wildman–Crippen MR) is 90.0 cm³/mol. The van der Waals surface area contributed by atoms with Crippen LogP contribution < -0.4 is 10.6 Å². The van der Waals surface area contributed by atoms with Crippen LogP contribution in [-0.4, -0.2) is 43.4 Å². The van der Waals surface area contributed by atoms with E-state index < -0.39 is 0 Å². The molecule has 0 aromatic heterocycles. The number of likely N-dealkylation sites (N-methyl/N-ethyl adjacent to an activating group) is 1. The SMILES string of the molecule is C=CCNC(=O)CN(C)CC(=O)Nc1c(C)cc(C)cc1C. The highest BCUT2D eigenvalue weighted by atomic mass is 16.2. The van der Waals surface area contributed by atoms with E-state index in [1.165, 1.54) is 5.56 Å². The Morgan fingerprint density at radius 3 is 2.23 bits per heavy atom. The maximum absolute atomic E-state index is 12.1. The van der Waals surface area contributed by atoms with E-state index in [0.717, 1.165) is 16.8 Å². The third-order valence-corrected chi connectivity index (χ3v) is 3.21. The minimum atomic E-state index is -0.130. The van der Waals surface area contributed by atoms with Gasteiger partial charge in [-0.25, -0.2) is 0 Å². The minimum Gasteiger partial charge on any atom is -0.352 e. The van der Waals surface area contributed by atoms with Gasteiger partial charge in [-0.05, 0) is 38.9 Å². The van der Waals surface area contributed by atoms with Crippen molar-refractivity contribution in [2.75, 3.05) is 32.0 Å². The fraction of sp³-hybridized carbons (Fsp3) is 0.412. The standard InChI is InChI=1S/C17H25N3O2/c1-6-7-18-15(21)10-20(5)11-16(22)19-17-13(3)8-12(2)9-14(17)4/h6,8-9H,1,7,10-11H2,2-5H3,(H,18,21)(H,19,22). The molecule has 0 heterocycles. The quantitative estimate of drug-likeness (QED) is 0.755. The van der Waals surface area contributed by atoms with Gasteiger partial charge in [0.25, 0.3) is 0 Å². The molecule has 0 spiro atoms. The van der Waals surface area contributed by atoms with Crippen LogP contribution in [0, 0.1) is 20.8 Å². The molecule has 1 aromatic carbocycles. The molecule has 0 atom stereocenters. The average molecular weight is 303 g/mol. The first kappa shape index (κ1) is 17.9. The summed E-state index contributed by atoms with van der Waals surface area (Å²) in [6.45, 7) is 10.3.